The van der Waals surface area contributed by atoms with Crippen LogP contribution < -0.4 is 5.32 Å². The average molecular weight is 302 g/mol. The van der Waals surface area contributed by atoms with Crippen LogP contribution in [0.25, 0.3) is 0 Å². The topological polar surface area (TPSA) is 35.5 Å². The van der Waals surface area contributed by atoms with E-state index in [0.717, 1.165) is 43.2 Å². The van der Waals surface area contributed by atoms with Gasteiger partial charge in [-0.25, -0.2) is 0 Å². The first-order valence-corrected chi connectivity index (χ1v) is 8.91. The van der Waals surface area contributed by atoms with Crippen molar-refractivity contribution < 1.29 is 5.11 Å². The smallest absolute Gasteiger partial charge is 0.121 e. The van der Waals surface area contributed by atoms with Gasteiger partial charge in [0, 0.05) is 32.2 Å². The first-order chi connectivity index (χ1) is 10.7. The average Bonchev–Trinajstić information content (AvgIpc) is 2.55. The molecule has 1 heterocycles. The molecule has 2 N–H and O–H groups in total. The van der Waals surface area contributed by atoms with E-state index in [4.69, 9.17) is 0 Å². The molecule has 1 atom stereocenters. The van der Waals surface area contributed by atoms with Crippen LogP contribution in [0.2, 0.25) is 0 Å². The summed E-state index contributed by atoms with van der Waals surface area (Å²) in [7, 11) is 0. The number of hydrogen-bond acceptors (Lipinski definition) is 3. The molecule has 22 heavy (non-hydrogen) atoms. The van der Waals surface area contributed by atoms with Crippen LogP contribution in [0.1, 0.15) is 54.8 Å². The fourth-order valence-corrected chi connectivity index (χ4v) is 4.35. The lowest BCUT2D eigenvalue weighted by Gasteiger charge is -2.41. The fourth-order valence-electron chi connectivity index (χ4n) is 4.35. The molecule has 1 aliphatic heterocycles. The highest BCUT2D eigenvalue weighted by Crippen LogP contribution is 2.40. The number of phenols is 1. The number of nitrogens with zero attached hydrogens (tertiary/aromatic N) is 1. The fraction of sp³-hybridized carbons (Fsp3) is 0.684. The van der Waals surface area contributed by atoms with Gasteiger partial charge in [-0.3, -0.25) is 4.90 Å². The monoisotopic (exact) mass is 302 g/mol. The number of phenolic OH excluding ortho intramolecular Hbond substituents is 1. The van der Waals surface area contributed by atoms with Gasteiger partial charge >= 0.3 is 0 Å². The summed E-state index contributed by atoms with van der Waals surface area (Å²) in [6.07, 6.45) is 6.87. The molecule has 1 aliphatic carbocycles. The minimum Gasteiger partial charge on any atom is -0.507 e. The van der Waals surface area contributed by atoms with Crippen molar-refractivity contribution in [2.75, 3.05) is 26.2 Å². The van der Waals surface area contributed by atoms with E-state index in [-0.39, 0.29) is 0 Å². The second-order valence-electron chi connectivity index (χ2n) is 7.13. The number of piperazine rings is 1. The predicted octanol–water partition coefficient (Wildman–Crippen LogP) is 3.54. The molecule has 3 nitrogen and oxygen atoms in total. The third-order valence-electron chi connectivity index (χ3n) is 5.50. The highest BCUT2D eigenvalue weighted by atomic mass is 16.3. The highest BCUT2D eigenvalue weighted by molar-refractivity contribution is 5.43. The normalized spacial score (nSPS) is 22.6. The molecular weight excluding hydrogens is 272 g/mol. The van der Waals surface area contributed by atoms with Gasteiger partial charge in [-0.05, 0) is 49.3 Å². The molecule has 0 bridgehead atoms. The third kappa shape index (κ3) is 3.31. The maximum absolute atomic E-state index is 10.1. The molecule has 122 valence electrons. The summed E-state index contributed by atoms with van der Waals surface area (Å²) < 4.78 is 0. The lowest BCUT2D eigenvalue weighted by Crippen LogP contribution is -2.47. The summed E-state index contributed by atoms with van der Waals surface area (Å²) in [4.78, 5) is 2.68. The van der Waals surface area contributed by atoms with Gasteiger partial charge in [0.2, 0.25) is 0 Å². The maximum atomic E-state index is 10.1. The predicted molar refractivity (Wildman–Crippen MR) is 91.3 cm³/mol. The standard InChI is InChI=1S/C19H30N2O/c1-14-12-17(13-15(2)19(14)22)18(16-6-4-3-5-7-16)21-10-8-20-9-11-21/h12-13,16,18,20,22H,3-11H2,1-2H3/t18-/m0/s1. The Labute approximate surface area is 134 Å². The number of hydrogen-bond donors (Lipinski definition) is 2. The second kappa shape index (κ2) is 7.01. The van der Waals surface area contributed by atoms with Crippen LogP contribution in [0.15, 0.2) is 12.1 Å². The summed E-state index contributed by atoms with van der Waals surface area (Å²) >= 11 is 0. The van der Waals surface area contributed by atoms with Crippen LogP contribution in [0, 0.1) is 19.8 Å². The van der Waals surface area contributed by atoms with Crippen molar-refractivity contribution in [1.29, 1.82) is 0 Å². The number of nitrogens with one attached hydrogen (secondary N) is 1. The summed E-state index contributed by atoms with van der Waals surface area (Å²) in [5.74, 6) is 1.24. The van der Waals surface area contributed by atoms with Gasteiger partial charge in [0.25, 0.3) is 0 Å². The van der Waals surface area contributed by atoms with Crippen molar-refractivity contribution in [1.82, 2.24) is 10.2 Å². The first-order valence-electron chi connectivity index (χ1n) is 8.91. The van der Waals surface area contributed by atoms with Crippen molar-refractivity contribution >= 4 is 0 Å². The van der Waals surface area contributed by atoms with Gasteiger partial charge in [-0.2, -0.15) is 0 Å². The minimum absolute atomic E-state index is 0.464. The van der Waals surface area contributed by atoms with Crippen molar-refractivity contribution in [2.45, 2.75) is 52.0 Å². The summed E-state index contributed by atoms with van der Waals surface area (Å²) in [6, 6.07) is 4.98. The summed E-state index contributed by atoms with van der Waals surface area (Å²) in [6.45, 7) is 8.53. The first kappa shape index (κ1) is 15.8. The second-order valence-corrected chi connectivity index (χ2v) is 7.13. The van der Waals surface area contributed by atoms with Gasteiger partial charge in [0.05, 0.1) is 0 Å². The zero-order valence-corrected chi connectivity index (χ0v) is 14.1. The molecule has 1 saturated heterocycles. The summed E-state index contributed by atoms with van der Waals surface area (Å²) in [5, 5.41) is 13.6. The molecule has 0 amide bonds. The van der Waals surface area contributed by atoms with Gasteiger partial charge in [0.1, 0.15) is 5.75 Å². The maximum Gasteiger partial charge on any atom is 0.121 e. The van der Waals surface area contributed by atoms with Gasteiger partial charge < -0.3 is 10.4 Å². The zero-order valence-electron chi connectivity index (χ0n) is 14.1. The van der Waals surface area contributed by atoms with Crippen molar-refractivity contribution in [3.63, 3.8) is 0 Å². The molecule has 2 aliphatic rings. The van der Waals surface area contributed by atoms with E-state index in [1.165, 1.54) is 37.7 Å². The van der Waals surface area contributed by atoms with E-state index in [0.29, 0.717) is 11.8 Å². The molecule has 1 saturated carbocycles. The molecule has 1 aromatic carbocycles. The Morgan fingerprint density at radius 3 is 2.23 bits per heavy atom. The van der Waals surface area contributed by atoms with E-state index < -0.39 is 0 Å². The van der Waals surface area contributed by atoms with E-state index in [9.17, 15) is 5.11 Å². The van der Waals surface area contributed by atoms with Crippen molar-refractivity contribution in [3.05, 3.63) is 28.8 Å². The molecule has 3 rings (SSSR count). The quantitative estimate of drug-likeness (QED) is 0.896. The van der Waals surface area contributed by atoms with E-state index >= 15 is 0 Å². The van der Waals surface area contributed by atoms with Crippen LogP contribution in [-0.2, 0) is 0 Å². The van der Waals surface area contributed by atoms with Gasteiger partial charge in [0.15, 0.2) is 0 Å². The molecule has 0 spiro atoms. The van der Waals surface area contributed by atoms with Crippen LogP contribution >= 0.6 is 0 Å². The Morgan fingerprint density at radius 2 is 1.64 bits per heavy atom. The largest absolute Gasteiger partial charge is 0.507 e. The van der Waals surface area contributed by atoms with E-state index in [2.05, 4.69) is 22.3 Å². The Hall–Kier alpha value is -1.06. The van der Waals surface area contributed by atoms with Crippen LogP contribution in [0.3, 0.4) is 0 Å². The number of aromatic hydroxyl groups is 1. The van der Waals surface area contributed by atoms with Crippen LogP contribution in [0.4, 0.5) is 0 Å². The third-order valence-corrected chi connectivity index (χ3v) is 5.50. The van der Waals surface area contributed by atoms with E-state index in [1.807, 2.05) is 13.8 Å². The van der Waals surface area contributed by atoms with Crippen molar-refractivity contribution in [2.24, 2.45) is 5.92 Å². The SMILES string of the molecule is Cc1cc([C@H](C2CCCCC2)N2CCNCC2)cc(C)c1O. The molecular formula is C19H30N2O. The lowest BCUT2D eigenvalue weighted by atomic mass is 9.79. The molecule has 0 radical (unpaired) electrons. The van der Waals surface area contributed by atoms with Crippen LogP contribution in [0.5, 0.6) is 5.75 Å². The van der Waals surface area contributed by atoms with Gasteiger partial charge in [-0.15, -0.1) is 0 Å². The van der Waals surface area contributed by atoms with Crippen LogP contribution in [-0.4, -0.2) is 36.2 Å². The lowest BCUT2D eigenvalue weighted by molar-refractivity contribution is 0.103. The van der Waals surface area contributed by atoms with E-state index in [1.54, 1.807) is 0 Å². The number of benzene rings is 1. The van der Waals surface area contributed by atoms with Crippen molar-refractivity contribution in [3.8, 4) is 5.75 Å². The number of aryl methyl sites for hydroxylation is 2. The molecule has 2 fully saturated rings. The Balaban J connectivity index is 1.92. The molecule has 0 aromatic heterocycles. The number of rotatable bonds is 3. The Bertz CT molecular complexity index is 461. The minimum atomic E-state index is 0.464. The molecule has 1 aromatic rings. The Morgan fingerprint density at radius 1 is 1.05 bits per heavy atom. The molecule has 0 unspecified atom stereocenters. The highest BCUT2D eigenvalue weighted by Gasteiger charge is 2.31. The molecule has 3 heteroatoms. The van der Waals surface area contributed by atoms with Gasteiger partial charge in [-0.1, -0.05) is 31.4 Å². The Kier molecular flexibility index (Phi) is 5.04. The summed E-state index contributed by atoms with van der Waals surface area (Å²) in [5.41, 5.74) is 3.46. The zero-order chi connectivity index (χ0) is 15.5.